The first-order chi connectivity index (χ1) is 11.5. The number of halogens is 1. The molecule has 6 nitrogen and oxygen atoms in total. The van der Waals surface area contributed by atoms with Gasteiger partial charge in [-0.05, 0) is 76.0 Å². The lowest BCUT2D eigenvalue weighted by atomic mass is 10.2. The molecule has 134 valence electrons. The number of hydrogen-bond donors (Lipinski definition) is 2. The maximum absolute atomic E-state index is 9.10. The topological polar surface area (TPSA) is 87.1 Å². The summed E-state index contributed by atoms with van der Waals surface area (Å²) >= 11 is 3.42. The molecule has 1 fully saturated rings. The van der Waals surface area contributed by atoms with Crippen molar-refractivity contribution in [3.63, 3.8) is 0 Å². The second-order valence-corrected chi connectivity index (χ2v) is 6.44. The van der Waals surface area contributed by atoms with Gasteiger partial charge in [-0.2, -0.15) is 0 Å². The van der Waals surface area contributed by atoms with E-state index in [0.717, 1.165) is 23.2 Å². The molecule has 0 saturated carbocycles. The smallest absolute Gasteiger partial charge is 0.414 e. The van der Waals surface area contributed by atoms with Crippen molar-refractivity contribution in [1.29, 1.82) is 0 Å². The van der Waals surface area contributed by atoms with Crippen LogP contribution in [0.25, 0.3) is 0 Å². The molecule has 2 N–H and O–H groups in total. The standard InChI is InChI=1S/C15H22BrNO.C2H2O4/c16-14-6-8-15(9-7-14)18-13-5-1-2-10-17-11-3-4-12-17;3-1(4)2(5)6/h6-9H,1-5,10-13H2;(H,3,4)(H,5,6). The Kier molecular flexibility index (Phi) is 10.1. The van der Waals surface area contributed by atoms with Gasteiger partial charge in [0.2, 0.25) is 0 Å². The second kappa shape index (κ2) is 11.9. The fraction of sp³-hybridized carbons (Fsp3) is 0.529. The number of carboxylic acid groups (broad SMARTS) is 2. The molecule has 1 aromatic carbocycles. The molecule has 24 heavy (non-hydrogen) atoms. The largest absolute Gasteiger partial charge is 0.494 e. The Morgan fingerprint density at radius 1 is 1.00 bits per heavy atom. The number of aliphatic carboxylic acids is 2. The lowest BCUT2D eigenvalue weighted by Gasteiger charge is -2.13. The minimum atomic E-state index is -1.82. The zero-order chi connectivity index (χ0) is 17.8. The summed E-state index contributed by atoms with van der Waals surface area (Å²) in [5, 5.41) is 14.8. The minimum Gasteiger partial charge on any atom is -0.494 e. The van der Waals surface area contributed by atoms with Crippen LogP contribution in [0, 0.1) is 0 Å². The lowest BCUT2D eigenvalue weighted by Crippen LogP contribution is -2.20. The zero-order valence-corrected chi connectivity index (χ0v) is 15.2. The van der Waals surface area contributed by atoms with Gasteiger partial charge in [-0.1, -0.05) is 15.9 Å². The number of nitrogens with zero attached hydrogens (tertiary/aromatic N) is 1. The van der Waals surface area contributed by atoms with E-state index in [-0.39, 0.29) is 0 Å². The molecule has 2 rings (SSSR count). The molecule has 1 aliphatic heterocycles. The minimum absolute atomic E-state index is 0.835. The Balaban J connectivity index is 0.000000413. The van der Waals surface area contributed by atoms with Gasteiger partial charge in [0.15, 0.2) is 0 Å². The number of hydrogen-bond acceptors (Lipinski definition) is 4. The van der Waals surface area contributed by atoms with Crippen molar-refractivity contribution in [2.24, 2.45) is 0 Å². The van der Waals surface area contributed by atoms with Gasteiger partial charge in [0.1, 0.15) is 5.75 Å². The van der Waals surface area contributed by atoms with Crippen LogP contribution in [0.15, 0.2) is 28.7 Å². The first-order valence-electron chi connectivity index (χ1n) is 8.06. The average molecular weight is 402 g/mol. The predicted octanol–water partition coefficient (Wildman–Crippen LogP) is 3.25. The van der Waals surface area contributed by atoms with Gasteiger partial charge in [-0.15, -0.1) is 0 Å². The SMILES string of the molecule is Brc1ccc(OCCCCCN2CCCC2)cc1.O=C(O)C(=O)O. The molecular weight excluding hydrogens is 378 g/mol. The highest BCUT2D eigenvalue weighted by Crippen LogP contribution is 2.16. The number of unbranched alkanes of at least 4 members (excludes halogenated alkanes) is 2. The molecule has 0 unspecified atom stereocenters. The van der Waals surface area contributed by atoms with Crippen molar-refractivity contribution in [1.82, 2.24) is 4.90 Å². The van der Waals surface area contributed by atoms with E-state index in [1.807, 2.05) is 24.3 Å². The van der Waals surface area contributed by atoms with Crippen molar-refractivity contribution in [2.75, 3.05) is 26.2 Å². The van der Waals surface area contributed by atoms with Crippen molar-refractivity contribution in [2.45, 2.75) is 32.1 Å². The Hall–Kier alpha value is -1.60. The molecule has 0 amide bonds. The third kappa shape index (κ3) is 9.52. The summed E-state index contributed by atoms with van der Waals surface area (Å²) in [5.41, 5.74) is 0. The van der Waals surface area contributed by atoms with Crippen LogP contribution in [-0.4, -0.2) is 53.3 Å². The second-order valence-electron chi connectivity index (χ2n) is 5.52. The van der Waals surface area contributed by atoms with Gasteiger partial charge in [0, 0.05) is 4.47 Å². The van der Waals surface area contributed by atoms with E-state index in [0.29, 0.717) is 0 Å². The summed E-state index contributed by atoms with van der Waals surface area (Å²) in [6, 6.07) is 8.05. The van der Waals surface area contributed by atoms with E-state index in [1.54, 1.807) is 0 Å². The van der Waals surface area contributed by atoms with Crippen LogP contribution >= 0.6 is 15.9 Å². The molecule has 0 aromatic heterocycles. The molecule has 1 heterocycles. The molecule has 7 heteroatoms. The highest BCUT2D eigenvalue weighted by Gasteiger charge is 2.09. The summed E-state index contributed by atoms with van der Waals surface area (Å²) in [6.07, 6.45) is 6.53. The number of carboxylic acids is 2. The third-order valence-corrected chi connectivity index (χ3v) is 4.11. The van der Waals surface area contributed by atoms with E-state index in [1.165, 1.54) is 45.3 Å². The van der Waals surface area contributed by atoms with Gasteiger partial charge in [0.05, 0.1) is 6.61 Å². The maximum Gasteiger partial charge on any atom is 0.414 e. The van der Waals surface area contributed by atoms with Crippen molar-refractivity contribution in [3.05, 3.63) is 28.7 Å². The maximum atomic E-state index is 9.10. The molecule has 1 saturated heterocycles. The fourth-order valence-corrected chi connectivity index (χ4v) is 2.61. The molecule has 0 atom stereocenters. The lowest BCUT2D eigenvalue weighted by molar-refractivity contribution is -0.159. The molecule has 0 aliphatic carbocycles. The fourth-order valence-electron chi connectivity index (χ4n) is 2.34. The summed E-state index contributed by atoms with van der Waals surface area (Å²) in [4.78, 5) is 20.8. The van der Waals surface area contributed by atoms with Crippen LogP contribution in [0.1, 0.15) is 32.1 Å². The van der Waals surface area contributed by atoms with Gasteiger partial charge in [-0.3, -0.25) is 0 Å². The molecule has 0 radical (unpaired) electrons. The molecule has 1 aliphatic rings. The van der Waals surface area contributed by atoms with Crippen LogP contribution in [-0.2, 0) is 9.59 Å². The monoisotopic (exact) mass is 401 g/mol. The summed E-state index contributed by atoms with van der Waals surface area (Å²) in [5.74, 6) is -2.68. The Bertz CT molecular complexity index is 488. The first-order valence-corrected chi connectivity index (χ1v) is 8.85. The van der Waals surface area contributed by atoms with Crippen LogP contribution < -0.4 is 4.74 Å². The van der Waals surface area contributed by atoms with E-state index in [9.17, 15) is 0 Å². The van der Waals surface area contributed by atoms with Gasteiger partial charge in [-0.25, -0.2) is 9.59 Å². The average Bonchev–Trinajstić information content (AvgIpc) is 3.06. The van der Waals surface area contributed by atoms with Crippen molar-refractivity contribution < 1.29 is 24.5 Å². The van der Waals surface area contributed by atoms with Gasteiger partial charge in [0.25, 0.3) is 0 Å². The number of ether oxygens (including phenoxy) is 1. The molecule has 0 bridgehead atoms. The van der Waals surface area contributed by atoms with E-state index in [4.69, 9.17) is 24.5 Å². The number of likely N-dealkylation sites (tertiary alicyclic amines) is 1. The highest BCUT2D eigenvalue weighted by atomic mass is 79.9. The highest BCUT2D eigenvalue weighted by molar-refractivity contribution is 9.10. The molecule has 0 spiro atoms. The van der Waals surface area contributed by atoms with Crippen LogP contribution in [0.2, 0.25) is 0 Å². The quantitative estimate of drug-likeness (QED) is 0.538. The normalized spacial score (nSPS) is 13.9. The van der Waals surface area contributed by atoms with E-state index in [2.05, 4.69) is 20.8 Å². The van der Waals surface area contributed by atoms with Crippen LogP contribution in [0.4, 0.5) is 0 Å². The van der Waals surface area contributed by atoms with E-state index < -0.39 is 11.9 Å². The van der Waals surface area contributed by atoms with Gasteiger partial charge < -0.3 is 19.8 Å². The number of rotatable bonds is 7. The van der Waals surface area contributed by atoms with E-state index >= 15 is 0 Å². The number of benzene rings is 1. The zero-order valence-electron chi connectivity index (χ0n) is 13.6. The van der Waals surface area contributed by atoms with Crippen LogP contribution in [0.5, 0.6) is 5.75 Å². The van der Waals surface area contributed by atoms with Crippen molar-refractivity contribution in [3.8, 4) is 5.75 Å². The summed E-state index contributed by atoms with van der Waals surface area (Å²) in [7, 11) is 0. The third-order valence-electron chi connectivity index (χ3n) is 3.58. The predicted molar refractivity (Wildman–Crippen MR) is 94.4 cm³/mol. The van der Waals surface area contributed by atoms with Gasteiger partial charge >= 0.3 is 11.9 Å². The summed E-state index contributed by atoms with van der Waals surface area (Å²) < 4.78 is 6.80. The summed E-state index contributed by atoms with van der Waals surface area (Å²) in [6.45, 7) is 4.74. The Morgan fingerprint density at radius 3 is 2.12 bits per heavy atom. The van der Waals surface area contributed by atoms with Crippen molar-refractivity contribution >= 4 is 27.9 Å². The van der Waals surface area contributed by atoms with Crippen LogP contribution in [0.3, 0.4) is 0 Å². The molecular formula is C17H24BrNO5. The number of carbonyl (C=O) groups is 2. The molecule has 1 aromatic rings. The Labute approximate surface area is 150 Å². The first kappa shape index (κ1) is 20.4. The Morgan fingerprint density at radius 2 is 1.58 bits per heavy atom.